The van der Waals surface area contributed by atoms with Gasteiger partial charge in [0.1, 0.15) is 5.69 Å². The Kier molecular flexibility index (Phi) is 5.94. The van der Waals surface area contributed by atoms with Crippen molar-refractivity contribution in [1.29, 1.82) is 0 Å². The maximum atomic E-state index is 10.9. The standard InChI is InChI=1S/C9H8BrCl3N2O3/c10-7-8(13)5(12)1-6(15(17)18)9(7)14-3-4(16)2-11/h1,4,14,16H,2-3H2. The van der Waals surface area contributed by atoms with Gasteiger partial charge in [-0.1, -0.05) is 23.2 Å². The SMILES string of the molecule is O=[N+]([O-])c1cc(Cl)c(Cl)c(Br)c1NCC(O)CCl. The summed E-state index contributed by atoms with van der Waals surface area (Å²) in [5.74, 6) is 0.0136. The Balaban J connectivity index is 3.15. The van der Waals surface area contributed by atoms with E-state index in [2.05, 4.69) is 21.2 Å². The van der Waals surface area contributed by atoms with Crippen LogP contribution in [0.4, 0.5) is 11.4 Å². The van der Waals surface area contributed by atoms with Crippen LogP contribution >= 0.6 is 50.7 Å². The van der Waals surface area contributed by atoms with Crippen molar-refractivity contribution in [3.05, 3.63) is 30.7 Å². The summed E-state index contributed by atoms with van der Waals surface area (Å²) < 4.78 is 0.269. The third-order valence-corrected chi connectivity index (χ3v) is 4.20. The van der Waals surface area contributed by atoms with Crippen molar-refractivity contribution in [2.75, 3.05) is 17.7 Å². The van der Waals surface area contributed by atoms with Gasteiger partial charge in [0.05, 0.1) is 31.4 Å². The van der Waals surface area contributed by atoms with Gasteiger partial charge in [0, 0.05) is 12.6 Å². The largest absolute Gasteiger partial charge is 0.390 e. The van der Waals surface area contributed by atoms with E-state index in [1.54, 1.807) is 0 Å². The molecular formula is C9H8BrCl3N2O3. The zero-order valence-electron chi connectivity index (χ0n) is 8.79. The number of rotatable bonds is 5. The quantitative estimate of drug-likeness (QED) is 0.355. The fourth-order valence-electron chi connectivity index (χ4n) is 1.17. The maximum Gasteiger partial charge on any atom is 0.295 e. The predicted octanol–water partition coefficient (Wildman–Crippen LogP) is 3.68. The molecule has 0 aromatic heterocycles. The number of nitro benzene ring substituents is 1. The minimum absolute atomic E-state index is 0.0136. The molecule has 0 amide bonds. The molecule has 1 atom stereocenters. The Labute approximate surface area is 126 Å². The van der Waals surface area contributed by atoms with Gasteiger partial charge in [-0.3, -0.25) is 10.1 Å². The second-order valence-corrected chi connectivity index (χ2v) is 5.21. The van der Waals surface area contributed by atoms with Crippen LogP contribution in [0.25, 0.3) is 0 Å². The van der Waals surface area contributed by atoms with E-state index in [0.29, 0.717) is 0 Å². The summed E-state index contributed by atoms with van der Waals surface area (Å²) in [5, 5.41) is 23.2. The molecule has 100 valence electrons. The second kappa shape index (κ2) is 6.77. The summed E-state index contributed by atoms with van der Waals surface area (Å²) in [4.78, 5) is 10.3. The lowest BCUT2D eigenvalue weighted by Gasteiger charge is -2.13. The van der Waals surface area contributed by atoms with Gasteiger partial charge in [-0.2, -0.15) is 0 Å². The number of aliphatic hydroxyl groups is 1. The minimum atomic E-state index is -0.826. The molecule has 5 nitrogen and oxygen atoms in total. The normalized spacial score (nSPS) is 12.3. The average Bonchev–Trinajstić information content (AvgIpc) is 2.33. The van der Waals surface area contributed by atoms with Crippen molar-refractivity contribution in [3.63, 3.8) is 0 Å². The van der Waals surface area contributed by atoms with Gasteiger partial charge in [0.25, 0.3) is 5.69 Å². The molecule has 0 aliphatic rings. The van der Waals surface area contributed by atoms with Gasteiger partial charge in [-0.05, 0) is 15.9 Å². The molecule has 0 aliphatic carbocycles. The van der Waals surface area contributed by atoms with E-state index in [-0.39, 0.29) is 38.3 Å². The first kappa shape index (κ1) is 15.8. The molecule has 0 radical (unpaired) electrons. The molecule has 0 spiro atoms. The fraction of sp³-hybridized carbons (Fsp3) is 0.333. The number of nitro groups is 1. The van der Waals surface area contributed by atoms with Crippen LogP contribution in [0.3, 0.4) is 0 Å². The Morgan fingerprint density at radius 2 is 2.17 bits per heavy atom. The number of nitrogens with zero attached hydrogens (tertiary/aromatic N) is 1. The molecule has 0 heterocycles. The molecule has 1 aromatic rings. The molecule has 0 saturated heterocycles. The molecular weight excluding hydrogens is 370 g/mol. The smallest absolute Gasteiger partial charge is 0.295 e. The van der Waals surface area contributed by atoms with Crippen molar-refractivity contribution in [1.82, 2.24) is 0 Å². The second-order valence-electron chi connectivity index (χ2n) is 3.33. The lowest BCUT2D eigenvalue weighted by atomic mass is 10.2. The van der Waals surface area contributed by atoms with Gasteiger partial charge in [-0.15, -0.1) is 11.6 Å². The topological polar surface area (TPSA) is 75.4 Å². The van der Waals surface area contributed by atoms with Crippen LogP contribution in [0.15, 0.2) is 10.5 Å². The number of aliphatic hydroxyl groups excluding tert-OH is 1. The van der Waals surface area contributed by atoms with E-state index in [1.165, 1.54) is 0 Å². The van der Waals surface area contributed by atoms with E-state index < -0.39 is 11.0 Å². The predicted molar refractivity (Wildman–Crippen MR) is 76.0 cm³/mol. The van der Waals surface area contributed by atoms with Crippen LogP contribution in [0.5, 0.6) is 0 Å². The van der Waals surface area contributed by atoms with Crippen molar-refractivity contribution in [2.45, 2.75) is 6.10 Å². The monoisotopic (exact) mass is 376 g/mol. The van der Waals surface area contributed by atoms with E-state index >= 15 is 0 Å². The van der Waals surface area contributed by atoms with Gasteiger partial charge >= 0.3 is 0 Å². The fourth-order valence-corrected chi connectivity index (χ4v) is 2.30. The van der Waals surface area contributed by atoms with Crippen LogP contribution in [0.2, 0.25) is 10.0 Å². The van der Waals surface area contributed by atoms with E-state index in [9.17, 15) is 15.2 Å². The summed E-state index contributed by atoms with van der Waals surface area (Å²) in [6, 6.07) is 1.14. The van der Waals surface area contributed by atoms with Crippen molar-refractivity contribution < 1.29 is 10.0 Å². The Morgan fingerprint density at radius 1 is 1.56 bits per heavy atom. The maximum absolute atomic E-state index is 10.9. The van der Waals surface area contributed by atoms with Gasteiger partial charge in [-0.25, -0.2) is 0 Å². The van der Waals surface area contributed by atoms with Gasteiger partial charge in [0.15, 0.2) is 0 Å². The zero-order chi connectivity index (χ0) is 13.9. The van der Waals surface area contributed by atoms with Crippen molar-refractivity contribution >= 4 is 62.1 Å². The first-order valence-electron chi connectivity index (χ1n) is 4.68. The number of alkyl halides is 1. The third-order valence-electron chi connectivity index (χ3n) is 2.03. The number of benzene rings is 1. The first-order valence-corrected chi connectivity index (χ1v) is 6.76. The first-order chi connectivity index (χ1) is 8.38. The lowest BCUT2D eigenvalue weighted by molar-refractivity contribution is -0.384. The molecule has 0 aliphatic heterocycles. The number of hydrogen-bond donors (Lipinski definition) is 2. The Bertz CT molecular complexity index is 473. The number of anilines is 1. The molecule has 1 aromatic carbocycles. The highest BCUT2D eigenvalue weighted by molar-refractivity contribution is 9.10. The number of hydrogen-bond acceptors (Lipinski definition) is 4. The number of halogens is 4. The Hall–Kier alpha value is -0.270. The lowest BCUT2D eigenvalue weighted by Crippen LogP contribution is -2.21. The molecule has 1 unspecified atom stereocenters. The van der Waals surface area contributed by atoms with Crippen LogP contribution in [0.1, 0.15) is 0 Å². The summed E-state index contributed by atoms with van der Waals surface area (Å²) >= 11 is 20.2. The van der Waals surface area contributed by atoms with Crippen LogP contribution < -0.4 is 5.32 Å². The van der Waals surface area contributed by atoms with E-state index in [4.69, 9.17) is 34.8 Å². The summed E-state index contributed by atoms with van der Waals surface area (Å²) in [6.45, 7) is 0.0564. The van der Waals surface area contributed by atoms with Crippen molar-refractivity contribution in [3.8, 4) is 0 Å². The average molecular weight is 378 g/mol. The van der Waals surface area contributed by atoms with Crippen LogP contribution in [-0.4, -0.2) is 28.6 Å². The molecule has 0 bridgehead atoms. The highest BCUT2D eigenvalue weighted by Crippen LogP contribution is 2.42. The molecule has 0 fully saturated rings. The van der Waals surface area contributed by atoms with E-state index in [1.807, 2.05) is 0 Å². The zero-order valence-corrected chi connectivity index (χ0v) is 12.6. The van der Waals surface area contributed by atoms with Crippen molar-refractivity contribution in [2.24, 2.45) is 0 Å². The van der Waals surface area contributed by atoms with E-state index in [0.717, 1.165) is 6.07 Å². The van der Waals surface area contributed by atoms with Crippen LogP contribution in [0, 0.1) is 10.1 Å². The van der Waals surface area contributed by atoms with Crippen LogP contribution in [-0.2, 0) is 0 Å². The number of nitrogens with one attached hydrogen (secondary N) is 1. The summed E-state index contributed by atoms with van der Waals surface area (Å²) in [7, 11) is 0. The summed E-state index contributed by atoms with van der Waals surface area (Å²) in [6.07, 6.45) is -0.826. The molecule has 18 heavy (non-hydrogen) atoms. The minimum Gasteiger partial charge on any atom is -0.390 e. The molecule has 9 heteroatoms. The molecule has 0 saturated carbocycles. The van der Waals surface area contributed by atoms with Gasteiger partial charge in [0.2, 0.25) is 0 Å². The molecule has 1 rings (SSSR count). The highest BCUT2D eigenvalue weighted by Gasteiger charge is 2.22. The highest BCUT2D eigenvalue weighted by atomic mass is 79.9. The van der Waals surface area contributed by atoms with Gasteiger partial charge < -0.3 is 10.4 Å². The molecule has 2 N–H and O–H groups in total. The third kappa shape index (κ3) is 3.61. The summed E-state index contributed by atoms with van der Waals surface area (Å²) in [5.41, 5.74) is -0.0865. The Morgan fingerprint density at radius 3 is 2.67 bits per heavy atom.